The molecular weight excluding hydrogens is 793 g/mol. The highest BCUT2D eigenvalue weighted by atomic mass is 16.7. The van der Waals surface area contributed by atoms with Gasteiger partial charge in [-0.1, -0.05) is 106 Å². The van der Waals surface area contributed by atoms with Gasteiger partial charge in [0.1, 0.15) is 44.6 Å². The average molecular weight is 859 g/mol. The minimum absolute atomic E-state index is 0.00818. The smallest absolute Gasteiger partial charge is 0.428 e. The van der Waals surface area contributed by atoms with E-state index in [1.165, 1.54) is 0 Å². The van der Waals surface area contributed by atoms with Gasteiger partial charge in [0.25, 0.3) is 0 Å². The van der Waals surface area contributed by atoms with Crippen molar-refractivity contribution >= 4 is 34.4 Å². The van der Waals surface area contributed by atoms with Gasteiger partial charge < -0.3 is 18.9 Å². The van der Waals surface area contributed by atoms with Crippen LogP contribution in [0, 0.1) is 10.8 Å². The van der Waals surface area contributed by atoms with Crippen molar-refractivity contribution in [2.45, 2.75) is 152 Å². The van der Waals surface area contributed by atoms with E-state index in [2.05, 4.69) is 136 Å². The third kappa shape index (κ3) is 8.65. The first-order valence-electron chi connectivity index (χ1n) is 22.2. The molecule has 12 nitrogen and oxygen atoms in total. The Morgan fingerprint density at radius 2 is 0.762 bits per heavy atom. The fraction of sp³-hybridized carbons (Fsp3) is 0.490. The summed E-state index contributed by atoms with van der Waals surface area (Å²) in [7, 11) is 0. The molecule has 0 fully saturated rings. The van der Waals surface area contributed by atoms with E-state index in [1.54, 1.807) is 0 Å². The fourth-order valence-corrected chi connectivity index (χ4v) is 9.68. The van der Waals surface area contributed by atoms with Gasteiger partial charge in [-0.2, -0.15) is 0 Å². The van der Waals surface area contributed by atoms with Crippen LogP contribution in [0.4, 0.5) is 9.59 Å². The Morgan fingerprint density at radius 1 is 0.460 bits per heavy atom. The second kappa shape index (κ2) is 14.4. The molecule has 336 valence electrons. The van der Waals surface area contributed by atoms with Crippen LogP contribution in [-0.4, -0.2) is 51.6 Å². The van der Waals surface area contributed by atoms with Gasteiger partial charge in [0.15, 0.2) is 11.5 Å². The molecule has 4 heterocycles. The lowest BCUT2D eigenvalue weighted by Crippen LogP contribution is -2.28. The van der Waals surface area contributed by atoms with E-state index in [4.69, 9.17) is 18.9 Å². The van der Waals surface area contributed by atoms with Crippen LogP contribution in [-0.2, 0) is 26.7 Å². The maximum Gasteiger partial charge on any atom is 0.514 e. The molecule has 0 spiro atoms. The summed E-state index contributed by atoms with van der Waals surface area (Å²) >= 11 is 0. The van der Waals surface area contributed by atoms with Gasteiger partial charge in [0.2, 0.25) is 0 Å². The summed E-state index contributed by atoms with van der Waals surface area (Å²) in [5.74, 6) is 0.714. The van der Waals surface area contributed by atoms with Crippen LogP contribution in [0.25, 0.3) is 33.4 Å². The number of ether oxygens (including phenoxy) is 4. The van der Waals surface area contributed by atoms with Crippen molar-refractivity contribution in [2.24, 2.45) is 10.8 Å². The third-order valence-electron chi connectivity index (χ3n) is 11.4. The van der Waals surface area contributed by atoms with E-state index >= 15 is 0 Å². The number of carbonyl (C=O) groups is 2. The van der Waals surface area contributed by atoms with Gasteiger partial charge in [0.05, 0.1) is 0 Å². The lowest BCUT2D eigenvalue weighted by molar-refractivity contribution is 0.0193. The number of carbonyl (C=O) groups excluding carboxylic acids is 2. The number of hydrogen-bond acceptors (Lipinski definition) is 6. The van der Waals surface area contributed by atoms with Gasteiger partial charge in [-0.25, -0.2) is 9.59 Å². The Labute approximate surface area is 370 Å². The highest BCUT2D eigenvalue weighted by Gasteiger charge is 2.37. The molecule has 4 aromatic heterocycles. The Morgan fingerprint density at radius 3 is 1.03 bits per heavy atom. The zero-order valence-electron chi connectivity index (χ0n) is 40.2. The zero-order chi connectivity index (χ0) is 46.0. The normalized spacial score (nSPS) is 13.7. The number of hydrogen-bond donors (Lipinski definition) is 0. The molecular formula is C51H66N6O6. The molecule has 8 rings (SSSR count). The van der Waals surface area contributed by atoms with Crippen LogP contribution < -0.4 is 9.47 Å². The number of benzene rings is 4. The van der Waals surface area contributed by atoms with E-state index in [-0.39, 0.29) is 28.1 Å². The summed E-state index contributed by atoms with van der Waals surface area (Å²) in [6.07, 6.45) is 0.375. The molecule has 0 aliphatic rings. The van der Waals surface area contributed by atoms with Crippen LogP contribution in [0.3, 0.4) is 0 Å². The molecule has 0 aliphatic carbocycles. The molecule has 12 heteroatoms. The number of para-hydroxylation sites is 4. The minimum Gasteiger partial charge on any atom is -0.428 e. The van der Waals surface area contributed by atoms with Crippen molar-refractivity contribution in [3.63, 3.8) is 0 Å². The molecule has 0 atom stereocenters. The van der Waals surface area contributed by atoms with E-state index in [0.29, 0.717) is 22.9 Å². The second-order valence-corrected chi connectivity index (χ2v) is 23.2. The number of rotatable bonds is 10. The summed E-state index contributed by atoms with van der Waals surface area (Å²) < 4.78 is 32.8. The molecule has 0 bridgehead atoms. The van der Waals surface area contributed by atoms with Crippen molar-refractivity contribution in [3.8, 4) is 22.9 Å². The predicted octanol–water partition coefficient (Wildman–Crippen LogP) is 12.8. The molecule has 8 aromatic rings. The topological polar surface area (TPSA) is 98.6 Å². The third-order valence-corrected chi connectivity index (χ3v) is 11.4. The van der Waals surface area contributed by atoms with Gasteiger partial charge >= 0.3 is 12.3 Å². The summed E-state index contributed by atoms with van der Waals surface area (Å²) in [4.78, 5) is 31.9. The minimum atomic E-state index is -0.812. The summed E-state index contributed by atoms with van der Waals surface area (Å²) in [6, 6.07) is 25.0. The van der Waals surface area contributed by atoms with Gasteiger partial charge in [-0.05, 0) is 124 Å². The molecule has 4 aromatic carbocycles. The van der Waals surface area contributed by atoms with Crippen molar-refractivity contribution < 1.29 is 28.5 Å². The van der Waals surface area contributed by atoms with Crippen molar-refractivity contribution in [1.82, 2.24) is 28.1 Å². The van der Waals surface area contributed by atoms with Crippen LogP contribution in [0.15, 0.2) is 72.8 Å². The van der Waals surface area contributed by atoms with Gasteiger partial charge in [-0.3, -0.25) is 0 Å². The van der Waals surface area contributed by atoms with Gasteiger partial charge in [0, 0.05) is 17.5 Å². The predicted molar refractivity (Wildman–Crippen MR) is 248 cm³/mol. The van der Waals surface area contributed by atoms with Crippen LogP contribution in [0.1, 0.15) is 146 Å². The second-order valence-electron chi connectivity index (χ2n) is 23.2. The number of aromatic nitrogens is 6. The van der Waals surface area contributed by atoms with Crippen molar-refractivity contribution in [1.29, 1.82) is 0 Å². The fourth-order valence-electron chi connectivity index (χ4n) is 9.68. The molecule has 0 amide bonds. The van der Waals surface area contributed by atoms with Crippen LogP contribution >= 0.6 is 0 Å². The summed E-state index contributed by atoms with van der Waals surface area (Å²) in [6.45, 7) is 33.5. The monoisotopic (exact) mass is 859 g/mol. The molecule has 0 aliphatic heterocycles. The zero-order valence-corrected chi connectivity index (χ0v) is 40.2. The SMILES string of the molecule is CC(C)(C)CC(C)(C)c1cc(Cc2cc(C(C)(C)CC(C)(C)C)cc(-n3n4c5ccccc5n34)c2OC(=O)OC(C)(C)C)c(OC(=O)OC(C)(C)C)c(-n2n3c4ccccc4n23)c1. The molecule has 0 unspecified atom stereocenters. The van der Waals surface area contributed by atoms with Crippen LogP contribution in [0.5, 0.6) is 11.5 Å². The van der Waals surface area contributed by atoms with Crippen LogP contribution in [0.2, 0.25) is 0 Å². The van der Waals surface area contributed by atoms with E-state index in [1.807, 2.05) is 75.4 Å². The largest absolute Gasteiger partial charge is 0.514 e. The first-order chi connectivity index (χ1) is 29.0. The maximum absolute atomic E-state index is 13.9. The molecule has 0 saturated carbocycles. The first-order valence-corrected chi connectivity index (χ1v) is 22.2. The molecule has 0 radical (unpaired) electrons. The Bertz CT molecular complexity index is 2680. The van der Waals surface area contributed by atoms with Crippen molar-refractivity contribution in [2.75, 3.05) is 0 Å². The standard InChI is InChI=1S/C51H66N6O6/c1-46(2,3)30-50(13,14)34-26-32(42(60-44(58)62-48(7,8)9)40(28-34)56-52-36-21-17-18-22-37(36)53(52)56)25-33-27-35(51(15,16)31-47(4,5)6)29-41(43(33)61-45(59)63-49(10,11)12)57-54-38-23-19-20-24-39(38)55(54)57/h17-24,26-29H,25,30-31H2,1-16H3. The van der Waals surface area contributed by atoms with E-state index in [0.717, 1.165) is 57.2 Å². The molecule has 0 saturated heterocycles. The lowest BCUT2D eigenvalue weighted by atomic mass is 9.71. The van der Waals surface area contributed by atoms with E-state index in [9.17, 15) is 9.59 Å². The molecule has 63 heavy (non-hydrogen) atoms. The number of fused-ring (bicyclic) bond motifs is 8. The summed E-state index contributed by atoms with van der Waals surface area (Å²) in [5, 5.41) is 0. The highest BCUT2D eigenvalue weighted by Crippen LogP contribution is 2.46. The Kier molecular flexibility index (Phi) is 10.0. The van der Waals surface area contributed by atoms with Gasteiger partial charge in [-0.15, -0.1) is 28.1 Å². The Balaban J connectivity index is 1.41. The number of nitrogens with zero attached hydrogens (tertiary/aromatic N) is 6. The molecule has 0 N–H and O–H groups in total. The lowest BCUT2D eigenvalue weighted by Gasteiger charge is -2.34. The van der Waals surface area contributed by atoms with Crippen molar-refractivity contribution in [3.05, 3.63) is 95.1 Å². The average Bonchev–Trinajstić information content (AvgIpc) is 3.97. The summed E-state index contributed by atoms with van der Waals surface area (Å²) in [5.41, 5.74) is 7.01. The Hall–Kier alpha value is -5.78. The first kappa shape index (κ1) is 43.9. The quantitative estimate of drug-likeness (QED) is 0.100. The highest BCUT2D eigenvalue weighted by molar-refractivity contribution is 5.81. The van der Waals surface area contributed by atoms with E-state index < -0.39 is 23.5 Å². The maximum atomic E-state index is 13.9.